The van der Waals surface area contributed by atoms with E-state index >= 15 is 0 Å². The summed E-state index contributed by atoms with van der Waals surface area (Å²) < 4.78 is 18.9. The average molecular weight is 277 g/mol. The minimum Gasteiger partial charge on any atom is -0.374 e. The van der Waals surface area contributed by atoms with Crippen LogP contribution in [0.25, 0.3) is 0 Å². The maximum absolute atomic E-state index is 13.2. The SMILES string of the molecule is NNC(c1cc(F)ccc1Cl)C1CSCCO1. The third-order valence-electron chi connectivity index (χ3n) is 2.69. The van der Waals surface area contributed by atoms with Crippen LogP contribution in [0.1, 0.15) is 11.6 Å². The fourth-order valence-electron chi connectivity index (χ4n) is 1.85. The van der Waals surface area contributed by atoms with Crippen LogP contribution in [0.5, 0.6) is 0 Å². The Kier molecular flexibility index (Phi) is 4.64. The van der Waals surface area contributed by atoms with Crippen LogP contribution in [0.4, 0.5) is 4.39 Å². The smallest absolute Gasteiger partial charge is 0.123 e. The average Bonchev–Trinajstić information content (AvgIpc) is 2.36. The summed E-state index contributed by atoms with van der Waals surface area (Å²) in [7, 11) is 0. The summed E-state index contributed by atoms with van der Waals surface area (Å²) in [6, 6.07) is 3.98. The van der Waals surface area contributed by atoms with Gasteiger partial charge in [0.15, 0.2) is 0 Å². The zero-order valence-electron chi connectivity index (χ0n) is 9.16. The van der Waals surface area contributed by atoms with Gasteiger partial charge in [0.2, 0.25) is 0 Å². The monoisotopic (exact) mass is 276 g/mol. The van der Waals surface area contributed by atoms with Gasteiger partial charge in [-0.05, 0) is 23.8 Å². The van der Waals surface area contributed by atoms with Crippen LogP contribution in [0, 0.1) is 5.82 Å². The maximum atomic E-state index is 13.2. The molecule has 1 heterocycles. The van der Waals surface area contributed by atoms with E-state index in [0.29, 0.717) is 17.2 Å². The highest BCUT2D eigenvalue weighted by Gasteiger charge is 2.27. The Balaban J connectivity index is 2.24. The van der Waals surface area contributed by atoms with Crippen LogP contribution in [-0.2, 0) is 4.74 Å². The zero-order chi connectivity index (χ0) is 12.3. The quantitative estimate of drug-likeness (QED) is 0.656. The second-order valence-corrected chi connectivity index (χ2v) is 5.35. The molecule has 3 N–H and O–H groups in total. The Morgan fingerprint density at radius 2 is 2.41 bits per heavy atom. The summed E-state index contributed by atoms with van der Waals surface area (Å²) in [5, 5.41) is 0.494. The molecular formula is C11H14ClFN2OS. The van der Waals surface area contributed by atoms with Gasteiger partial charge in [0.25, 0.3) is 0 Å². The number of hydrogen-bond donors (Lipinski definition) is 2. The summed E-state index contributed by atoms with van der Waals surface area (Å²) in [6.45, 7) is 0.681. The van der Waals surface area contributed by atoms with E-state index in [1.54, 1.807) is 11.8 Å². The highest BCUT2D eigenvalue weighted by Crippen LogP contribution is 2.30. The van der Waals surface area contributed by atoms with Crippen molar-refractivity contribution >= 4 is 23.4 Å². The van der Waals surface area contributed by atoms with E-state index in [-0.39, 0.29) is 18.0 Å². The molecule has 3 nitrogen and oxygen atoms in total. The van der Waals surface area contributed by atoms with Crippen molar-refractivity contribution in [3.63, 3.8) is 0 Å². The van der Waals surface area contributed by atoms with Gasteiger partial charge in [-0.3, -0.25) is 11.3 Å². The lowest BCUT2D eigenvalue weighted by atomic mass is 10.0. The molecule has 1 aliphatic heterocycles. The van der Waals surface area contributed by atoms with Gasteiger partial charge in [-0.15, -0.1) is 0 Å². The van der Waals surface area contributed by atoms with Crippen LogP contribution < -0.4 is 11.3 Å². The van der Waals surface area contributed by atoms with E-state index < -0.39 is 0 Å². The molecule has 0 bridgehead atoms. The Hall–Kier alpha value is -0.330. The first-order valence-corrected chi connectivity index (χ1v) is 6.86. The number of benzene rings is 1. The predicted octanol–water partition coefficient (Wildman–Crippen LogP) is 2.12. The topological polar surface area (TPSA) is 47.3 Å². The van der Waals surface area contributed by atoms with Gasteiger partial charge in [0.1, 0.15) is 5.82 Å². The fourth-order valence-corrected chi connectivity index (χ4v) is 2.99. The van der Waals surface area contributed by atoms with Crippen molar-refractivity contribution in [3.8, 4) is 0 Å². The number of nitrogens with two attached hydrogens (primary N) is 1. The Labute approximate surface area is 109 Å². The van der Waals surface area contributed by atoms with E-state index in [4.69, 9.17) is 22.2 Å². The largest absolute Gasteiger partial charge is 0.374 e. The Morgan fingerprint density at radius 3 is 3.06 bits per heavy atom. The minimum absolute atomic E-state index is 0.0851. The predicted molar refractivity (Wildman–Crippen MR) is 68.5 cm³/mol. The van der Waals surface area contributed by atoms with Crippen LogP contribution in [0.2, 0.25) is 5.02 Å². The van der Waals surface area contributed by atoms with Gasteiger partial charge in [-0.1, -0.05) is 11.6 Å². The first-order valence-electron chi connectivity index (χ1n) is 5.33. The molecule has 1 saturated heterocycles. The Bertz CT molecular complexity index is 388. The van der Waals surface area contributed by atoms with E-state index in [2.05, 4.69) is 5.43 Å². The first kappa shape index (κ1) is 13.1. The summed E-state index contributed by atoms with van der Waals surface area (Å²) in [5.41, 5.74) is 3.31. The van der Waals surface area contributed by atoms with E-state index in [9.17, 15) is 4.39 Å². The van der Waals surface area contributed by atoms with Crippen molar-refractivity contribution in [1.82, 2.24) is 5.43 Å². The zero-order valence-corrected chi connectivity index (χ0v) is 10.7. The van der Waals surface area contributed by atoms with Gasteiger partial charge >= 0.3 is 0 Å². The number of thioether (sulfide) groups is 1. The standard InChI is InChI=1S/C11H14ClFN2OS/c12-9-2-1-7(13)5-8(9)11(15-14)10-6-17-4-3-16-10/h1-2,5,10-11,15H,3-4,6,14H2. The van der Waals surface area contributed by atoms with Gasteiger partial charge in [0.05, 0.1) is 18.8 Å². The second kappa shape index (κ2) is 6.02. The third kappa shape index (κ3) is 3.11. The van der Waals surface area contributed by atoms with Crippen LogP contribution in [-0.4, -0.2) is 24.2 Å². The molecule has 0 saturated carbocycles. The fraction of sp³-hybridized carbons (Fsp3) is 0.455. The summed E-state index contributed by atoms with van der Waals surface area (Å²) >= 11 is 7.86. The highest BCUT2D eigenvalue weighted by atomic mass is 35.5. The number of rotatable bonds is 3. The highest BCUT2D eigenvalue weighted by molar-refractivity contribution is 7.99. The maximum Gasteiger partial charge on any atom is 0.123 e. The number of hydrazine groups is 1. The molecule has 1 aromatic rings. The van der Waals surface area contributed by atoms with Crippen molar-refractivity contribution in [2.24, 2.45) is 5.84 Å². The third-order valence-corrected chi connectivity index (χ3v) is 4.05. The second-order valence-electron chi connectivity index (χ2n) is 3.79. The van der Waals surface area contributed by atoms with E-state index in [1.807, 2.05) is 0 Å². The normalized spacial score (nSPS) is 22.4. The molecule has 2 rings (SSSR count). The van der Waals surface area contributed by atoms with Crippen LogP contribution in [0.15, 0.2) is 18.2 Å². The summed E-state index contributed by atoms with van der Waals surface area (Å²) in [5.74, 6) is 7.01. The van der Waals surface area contributed by atoms with Crippen molar-refractivity contribution in [1.29, 1.82) is 0 Å². The van der Waals surface area contributed by atoms with Gasteiger partial charge in [0, 0.05) is 16.5 Å². The molecule has 0 radical (unpaired) electrons. The van der Waals surface area contributed by atoms with Gasteiger partial charge < -0.3 is 4.74 Å². The van der Waals surface area contributed by atoms with Gasteiger partial charge in [-0.25, -0.2) is 4.39 Å². The molecule has 2 atom stereocenters. The molecule has 0 aliphatic carbocycles. The van der Waals surface area contributed by atoms with Gasteiger partial charge in [-0.2, -0.15) is 11.8 Å². The lowest BCUT2D eigenvalue weighted by Crippen LogP contribution is -2.41. The summed E-state index contributed by atoms with van der Waals surface area (Å²) in [4.78, 5) is 0. The summed E-state index contributed by atoms with van der Waals surface area (Å²) in [6.07, 6.45) is -0.0851. The molecule has 1 aromatic carbocycles. The molecular weight excluding hydrogens is 263 g/mol. The van der Waals surface area contributed by atoms with E-state index in [1.165, 1.54) is 18.2 Å². The van der Waals surface area contributed by atoms with Crippen molar-refractivity contribution < 1.29 is 9.13 Å². The van der Waals surface area contributed by atoms with E-state index in [0.717, 1.165) is 11.5 Å². The molecule has 6 heteroatoms. The number of hydrogen-bond acceptors (Lipinski definition) is 4. The van der Waals surface area contributed by atoms with Crippen LogP contribution in [0.3, 0.4) is 0 Å². The van der Waals surface area contributed by atoms with Crippen molar-refractivity contribution in [2.45, 2.75) is 12.1 Å². The molecule has 94 valence electrons. The molecule has 0 amide bonds. The molecule has 1 aliphatic rings. The minimum atomic E-state index is -0.326. The Morgan fingerprint density at radius 1 is 1.59 bits per heavy atom. The van der Waals surface area contributed by atoms with Crippen molar-refractivity contribution in [2.75, 3.05) is 18.1 Å². The number of ether oxygens (including phenoxy) is 1. The number of halogens is 2. The van der Waals surface area contributed by atoms with Crippen LogP contribution >= 0.6 is 23.4 Å². The first-order chi connectivity index (χ1) is 8.22. The molecule has 1 fully saturated rings. The lowest BCUT2D eigenvalue weighted by molar-refractivity contribution is 0.0467. The van der Waals surface area contributed by atoms with Crippen molar-refractivity contribution in [3.05, 3.63) is 34.6 Å². The number of nitrogens with one attached hydrogen (secondary N) is 1. The molecule has 2 unspecified atom stereocenters. The molecule has 0 aromatic heterocycles. The molecule has 17 heavy (non-hydrogen) atoms. The lowest BCUT2D eigenvalue weighted by Gasteiger charge is -2.30. The molecule has 0 spiro atoms.